The van der Waals surface area contributed by atoms with Crippen molar-refractivity contribution >= 4 is 27.8 Å². The highest BCUT2D eigenvalue weighted by Crippen LogP contribution is 2.43. The van der Waals surface area contributed by atoms with Crippen LogP contribution in [0.2, 0.25) is 0 Å². The lowest BCUT2D eigenvalue weighted by atomic mass is 10.1. The van der Waals surface area contributed by atoms with Crippen molar-refractivity contribution in [3.63, 3.8) is 0 Å². The molecule has 1 aliphatic rings. The van der Waals surface area contributed by atoms with Crippen molar-refractivity contribution in [3.05, 3.63) is 16.5 Å². The zero-order valence-corrected chi connectivity index (χ0v) is 8.96. The van der Waals surface area contributed by atoms with Gasteiger partial charge in [-0.25, -0.2) is 14.8 Å². The Morgan fingerprint density at radius 1 is 1.44 bits per heavy atom. The fraction of sp³-hybridized carbons (Fsp3) is 0.286. The second-order valence-electron chi connectivity index (χ2n) is 2.88. The predicted octanol–water partition coefficient (Wildman–Crippen LogP) is 2.40. The lowest BCUT2D eigenvalue weighted by Gasteiger charge is -2.26. The zero-order chi connectivity index (χ0) is 11.9. The van der Waals surface area contributed by atoms with Gasteiger partial charge in [0, 0.05) is 0 Å². The number of alkyl halides is 3. The highest BCUT2D eigenvalue weighted by molar-refractivity contribution is 9.10. The normalized spacial score (nSPS) is 19.8. The molecule has 5 nitrogen and oxygen atoms in total. The van der Waals surface area contributed by atoms with E-state index in [-0.39, 0.29) is 16.0 Å². The van der Waals surface area contributed by atoms with Crippen LogP contribution in [0.5, 0.6) is 0 Å². The summed E-state index contributed by atoms with van der Waals surface area (Å²) in [4.78, 5) is 18.0. The number of fused-ring (bicyclic) bond motifs is 1. The van der Waals surface area contributed by atoms with Crippen LogP contribution in [-0.4, -0.2) is 22.2 Å². The van der Waals surface area contributed by atoms with Crippen LogP contribution in [0.1, 0.15) is 11.7 Å². The Balaban J connectivity index is 2.56. The quantitative estimate of drug-likeness (QED) is 0.747. The number of cyclic esters (lactones) is 1. The molecule has 1 aliphatic heterocycles. The van der Waals surface area contributed by atoms with Gasteiger partial charge in [0.2, 0.25) is 6.10 Å². The molecule has 16 heavy (non-hydrogen) atoms. The van der Waals surface area contributed by atoms with Gasteiger partial charge in [0.1, 0.15) is 16.7 Å². The van der Waals surface area contributed by atoms with Crippen LogP contribution < -0.4 is 5.32 Å². The molecule has 0 bridgehead atoms. The molecule has 0 unspecified atom stereocenters. The number of carbonyl (C=O) groups is 1. The Kier molecular flexibility index (Phi) is 2.49. The number of carbonyl (C=O) groups excluding carboxylic acids is 1. The maximum absolute atomic E-state index is 12.6. The molecule has 1 atom stereocenters. The molecule has 2 heterocycles. The van der Waals surface area contributed by atoms with E-state index in [0.717, 1.165) is 6.33 Å². The second-order valence-corrected chi connectivity index (χ2v) is 3.63. The van der Waals surface area contributed by atoms with E-state index in [1.165, 1.54) is 0 Å². The molecular formula is C7H3BrF3N3O2. The van der Waals surface area contributed by atoms with E-state index in [1.54, 1.807) is 0 Å². The number of rotatable bonds is 0. The van der Waals surface area contributed by atoms with E-state index in [9.17, 15) is 18.0 Å². The fourth-order valence-electron chi connectivity index (χ4n) is 1.23. The summed E-state index contributed by atoms with van der Waals surface area (Å²) in [5, 5.41) is 2.06. The molecule has 86 valence electrons. The van der Waals surface area contributed by atoms with Crippen LogP contribution in [0.4, 0.5) is 23.8 Å². The first-order chi connectivity index (χ1) is 7.39. The third-order valence-corrected chi connectivity index (χ3v) is 2.47. The first kappa shape index (κ1) is 11.1. The summed E-state index contributed by atoms with van der Waals surface area (Å²) < 4.78 is 41.9. The minimum absolute atomic E-state index is 0.0696. The van der Waals surface area contributed by atoms with E-state index >= 15 is 0 Å². The average molecular weight is 298 g/mol. The summed E-state index contributed by atoms with van der Waals surface area (Å²) in [5.74, 6) is -0.208. The van der Waals surface area contributed by atoms with Gasteiger partial charge in [-0.3, -0.25) is 5.32 Å². The Morgan fingerprint density at radius 3 is 2.75 bits per heavy atom. The third kappa shape index (κ3) is 1.82. The maximum Gasteiger partial charge on any atom is 0.430 e. The number of amides is 1. The van der Waals surface area contributed by atoms with Crippen molar-refractivity contribution in [1.29, 1.82) is 0 Å². The molecule has 0 saturated heterocycles. The monoisotopic (exact) mass is 297 g/mol. The summed E-state index contributed by atoms with van der Waals surface area (Å²) in [6.07, 6.45) is -7.23. The molecule has 2 rings (SSSR count). The number of ether oxygens (including phenoxy) is 1. The predicted molar refractivity (Wildman–Crippen MR) is 48.6 cm³/mol. The van der Waals surface area contributed by atoms with Crippen LogP contribution in [0.3, 0.4) is 0 Å². The van der Waals surface area contributed by atoms with Gasteiger partial charge in [-0.2, -0.15) is 13.2 Å². The molecule has 1 N–H and O–H groups in total. The smallest absolute Gasteiger partial charge is 0.430 e. The molecule has 0 spiro atoms. The highest BCUT2D eigenvalue weighted by atomic mass is 79.9. The van der Waals surface area contributed by atoms with Crippen molar-refractivity contribution in [2.45, 2.75) is 12.3 Å². The Labute approximate surface area is 95.1 Å². The highest BCUT2D eigenvalue weighted by Gasteiger charge is 2.49. The first-order valence-electron chi connectivity index (χ1n) is 3.94. The van der Waals surface area contributed by atoms with Crippen molar-refractivity contribution < 1.29 is 22.7 Å². The van der Waals surface area contributed by atoms with E-state index in [0.29, 0.717) is 0 Å². The van der Waals surface area contributed by atoms with Gasteiger partial charge in [0.05, 0.1) is 5.56 Å². The topological polar surface area (TPSA) is 64.1 Å². The molecule has 1 amide bonds. The second kappa shape index (κ2) is 3.58. The molecule has 1 aromatic heterocycles. The summed E-state index contributed by atoms with van der Waals surface area (Å²) in [7, 11) is 0. The van der Waals surface area contributed by atoms with Crippen LogP contribution in [-0.2, 0) is 4.74 Å². The summed E-state index contributed by atoms with van der Waals surface area (Å²) in [6.45, 7) is 0. The molecule has 1 aromatic rings. The number of hydrogen-bond acceptors (Lipinski definition) is 4. The summed E-state index contributed by atoms with van der Waals surface area (Å²) >= 11 is 2.85. The lowest BCUT2D eigenvalue weighted by molar-refractivity contribution is -0.206. The van der Waals surface area contributed by atoms with Crippen LogP contribution in [0.15, 0.2) is 10.9 Å². The largest absolute Gasteiger partial charge is 0.431 e. The number of anilines is 1. The molecule has 0 radical (unpaired) electrons. The fourth-order valence-corrected chi connectivity index (χ4v) is 1.72. The Bertz CT molecular complexity index is 451. The minimum Gasteiger partial charge on any atom is -0.431 e. The zero-order valence-electron chi connectivity index (χ0n) is 7.38. The van der Waals surface area contributed by atoms with Gasteiger partial charge in [-0.1, -0.05) is 0 Å². The number of hydrogen-bond donors (Lipinski definition) is 1. The SMILES string of the molecule is O=C1Nc2ncnc(Br)c2[C@H](C(F)(F)F)O1. The van der Waals surface area contributed by atoms with Gasteiger partial charge in [-0.05, 0) is 15.9 Å². The Morgan fingerprint density at radius 2 is 2.12 bits per heavy atom. The number of aromatic nitrogens is 2. The molecule has 0 fully saturated rings. The molecule has 0 aliphatic carbocycles. The number of nitrogens with zero attached hydrogens (tertiary/aromatic N) is 2. The minimum atomic E-state index is -4.71. The van der Waals surface area contributed by atoms with E-state index < -0.39 is 18.4 Å². The maximum atomic E-state index is 12.6. The molecule has 0 saturated carbocycles. The molecular weight excluding hydrogens is 295 g/mol. The van der Waals surface area contributed by atoms with Crippen molar-refractivity contribution in [3.8, 4) is 0 Å². The Hall–Kier alpha value is -1.38. The van der Waals surface area contributed by atoms with Gasteiger partial charge >= 0.3 is 12.3 Å². The summed E-state index contributed by atoms with van der Waals surface area (Å²) in [6, 6.07) is 0. The standard InChI is InChI=1S/C7H3BrF3N3O2/c8-4-2-3(7(9,10)11)16-6(15)14-5(2)13-1-12-4/h1,3H,(H,12,13,14,15)/t3-/m1/s1. The van der Waals surface area contributed by atoms with Crippen molar-refractivity contribution in [2.75, 3.05) is 5.32 Å². The number of halogens is 4. The molecule has 9 heteroatoms. The molecule has 0 aromatic carbocycles. The van der Waals surface area contributed by atoms with E-state index in [1.807, 2.05) is 0 Å². The van der Waals surface area contributed by atoms with Gasteiger partial charge in [-0.15, -0.1) is 0 Å². The van der Waals surface area contributed by atoms with Gasteiger partial charge in [0.25, 0.3) is 0 Å². The van der Waals surface area contributed by atoms with E-state index in [2.05, 4.69) is 36.0 Å². The van der Waals surface area contributed by atoms with Crippen LogP contribution >= 0.6 is 15.9 Å². The first-order valence-corrected chi connectivity index (χ1v) is 4.73. The average Bonchev–Trinajstić information content (AvgIpc) is 2.15. The lowest BCUT2D eigenvalue weighted by Crippen LogP contribution is -2.34. The third-order valence-electron chi connectivity index (χ3n) is 1.84. The van der Waals surface area contributed by atoms with Gasteiger partial charge in [0.15, 0.2) is 0 Å². The van der Waals surface area contributed by atoms with Gasteiger partial charge < -0.3 is 4.74 Å². The van der Waals surface area contributed by atoms with Crippen molar-refractivity contribution in [2.24, 2.45) is 0 Å². The van der Waals surface area contributed by atoms with Crippen LogP contribution in [0, 0.1) is 0 Å². The number of nitrogens with one attached hydrogen (secondary N) is 1. The van der Waals surface area contributed by atoms with E-state index in [4.69, 9.17) is 0 Å². The summed E-state index contributed by atoms with van der Waals surface area (Å²) in [5.41, 5.74) is -0.338. The van der Waals surface area contributed by atoms with Crippen molar-refractivity contribution in [1.82, 2.24) is 9.97 Å². The van der Waals surface area contributed by atoms with Crippen LogP contribution in [0.25, 0.3) is 0 Å².